The molecule has 2 aromatic carbocycles. The predicted octanol–water partition coefficient (Wildman–Crippen LogP) is 4.88. The van der Waals surface area contributed by atoms with Crippen molar-refractivity contribution in [2.75, 3.05) is 33.2 Å². The quantitative estimate of drug-likeness (QED) is 0.496. The minimum Gasteiger partial charge on any atom is -0.457 e. The van der Waals surface area contributed by atoms with Crippen LogP contribution in [-0.2, 0) is 11.3 Å². The van der Waals surface area contributed by atoms with Crippen molar-refractivity contribution in [1.29, 1.82) is 0 Å². The number of aromatic nitrogens is 1. The zero-order valence-electron chi connectivity index (χ0n) is 20.0. The highest BCUT2D eigenvalue weighted by Gasteiger charge is 2.49. The van der Waals surface area contributed by atoms with Crippen LogP contribution in [0.3, 0.4) is 0 Å². The van der Waals surface area contributed by atoms with Crippen LogP contribution in [0.15, 0.2) is 73.1 Å². The van der Waals surface area contributed by atoms with E-state index in [1.54, 1.807) is 0 Å². The fourth-order valence-corrected chi connectivity index (χ4v) is 6.65. The highest BCUT2D eigenvalue weighted by Crippen LogP contribution is 2.45. The first-order chi connectivity index (χ1) is 16.6. The molecule has 1 amide bonds. The molecule has 34 heavy (non-hydrogen) atoms. The number of nitrogens with zero attached hydrogens (tertiary/aromatic N) is 3. The van der Waals surface area contributed by atoms with Gasteiger partial charge in [0.2, 0.25) is 5.91 Å². The van der Waals surface area contributed by atoms with E-state index in [0.29, 0.717) is 12.0 Å². The number of ether oxygens (including phenoxy) is 1. The Kier molecular flexibility index (Phi) is 5.45. The Morgan fingerprint density at radius 2 is 1.59 bits per heavy atom. The average Bonchev–Trinajstić information content (AvgIpc) is 3.40. The minimum absolute atomic E-state index is 0.201. The summed E-state index contributed by atoms with van der Waals surface area (Å²) in [5, 5.41) is 0. The Bertz CT molecular complexity index is 1120. The third-order valence-corrected chi connectivity index (χ3v) is 8.55. The Hall–Kier alpha value is -3.05. The zero-order valence-corrected chi connectivity index (χ0v) is 20.0. The lowest BCUT2D eigenvalue weighted by atomic mass is 9.79. The van der Waals surface area contributed by atoms with Crippen molar-refractivity contribution in [2.24, 2.45) is 5.92 Å². The van der Waals surface area contributed by atoms with E-state index in [4.69, 9.17) is 4.74 Å². The van der Waals surface area contributed by atoms with Crippen LogP contribution in [0, 0.1) is 5.92 Å². The van der Waals surface area contributed by atoms with Gasteiger partial charge in [0, 0.05) is 56.4 Å². The van der Waals surface area contributed by atoms with Gasteiger partial charge in [-0.15, -0.1) is 0 Å². The van der Waals surface area contributed by atoms with Crippen LogP contribution in [0.25, 0.3) is 0 Å². The summed E-state index contributed by atoms with van der Waals surface area (Å²) in [6.07, 6.45) is 7.95. The van der Waals surface area contributed by atoms with E-state index in [-0.39, 0.29) is 11.8 Å². The first-order valence-electron chi connectivity index (χ1n) is 12.7. The van der Waals surface area contributed by atoms with Crippen LogP contribution in [0.2, 0.25) is 0 Å². The molecule has 1 unspecified atom stereocenters. The summed E-state index contributed by atoms with van der Waals surface area (Å²) in [5.41, 5.74) is 1.96. The number of aryl methyl sites for hydroxylation is 1. The molecule has 5 nitrogen and oxygen atoms in total. The van der Waals surface area contributed by atoms with Crippen molar-refractivity contribution in [3.8, 4) is 11.5 Å². The van der Waals surface area contributed by atoms with Gasteiger partial charge in [-0.05, 0) is 30.2 Å². The highest BCUT2D eigenvalue weighted by molar-refractivity contribution is 5.89. The summed E-state index contributed by atoms with van der Waals surface area (Å²) in [5.74, 6) is 2.12. The molecule has 4 aliphatic heterocycles. The van der Waals surface area contributed by atoms with Gasteiger partial charge in [-0.2, -0.15) is 0 Å². The number of benzene rings is 2. The summed E-state index contributed by atoms with van der Waals surface area (Å²) >= 11 is 0. The molecule has 0 saturated carbocycles. The molecule has 1 aromatic heterocycles. The maximum Gasteiger partial charge on any atom is 0.235 e. The fraction of sp³-hybridized carbons (Fsp3) is 0.414. The molecule has 0 radical (unpaired) electrons. The van der Waals surface area contributed by atoms with Gasteiger partial charge in [0.25, 0.3) is 0 Å². The molecule has 3 fully saturated rings. The molecule has 4 aliphatic rings. The number of rotatable bonds is 6. The van der Waals surface area contributed by atoms with Gasteiger partial charge in [0.15, 0.2) is 0 Å². The molecule has 7 rings (SSSR count). The number of amides is 1. The lowest BCUT2D eigenvalue weighted by molar-refractivity contribution is -0.945. The van der Waals surface area contributed by atoms with E-state index in [0.717, 1.165) is 35.7 Å². The molecule has 0 N–H and O–H groups in total. The predicted molar refractivity (Wildman–Crippen MR) is 133 cm³/mol. The molecule has 5 heterocycles. The van der Waals surface area contributed by atoms with Gasteiger partial charge >= 0.3 is 0 Å². The number of piperidine rings is 3. The number of hydrogen-bond acceptors (Lipinski definition) is 2. The molecule has 2 bridgehead atoms. The van der Waals surface area contributed by atoms with Crippen LogP contribution in [0.1, 0.15) is 36.3 Å². The van der Waals surface area contributed by atoms with Crippen molar-refractivity contribution >= 4 is 5.91 Å². The molecular weight excluding hydrogens is 422 g/mol. The van der Waals surface area contributed by atoms with Gasteiger partial charge in [-0.3, -0.25) is 4.79 Å². The van der Waals surface area contributed by atoms with Crippen LogP contribution < -0.4 is 4.74 Å². The van der Waals surface area contributed by atoms with Crippen LogP contribution >= 0.6 is 0 Å². The summed E-state index contributed by atoms with van der Waals surface area (Å²) in [6, 6.07) is 20.5. The molecule has 3 aromatic rings. The van der Waals surface area contributed by atoms with E-state index in [1.165, 1.54) is 43.4 Å². The van der Waals surface area contributed by atoms with Crippen molar-refractivity contribution < 1.29 is 14.0 Å². The SMILES string of the molecule is CN(C(=O)C1c2ccccc2Oc2ccccc21)C1C[N+]2(CCCn3cccc3)CCC1CC2. The Balaban J connectivity index is 1.23. The van der Waals surface area contributed by atoms with E-state index in [9.17, 15) is 4.79 Å². The Morgan fingerprint density at radius 3 is 2.24 bits per heavy atom. The van der Waals surface area contributed by atoms with Crippen LogP contribution in [0.5, 0.6) is 11.5 Å². The third kappa shape index (κ3) is 3.72. The standard InChI is InChI=1S/C29H34N3O2/c1-30(25-21-32(19-13-22(25)14-20-32)18-8-17-31-15-6-7-16-31)29(33)28-23-9-2-4-11-26(23)34-27-12-5-3-10-24(27)28/h2-7,9-12,15-16,22,25,28H,8,13-14,17-21H2,1H3/q+1. The van der Waals surface area contributed by atoms with Crippen LogP contribution in [-0.4, -0.2) is 59.1 Å². The first-order valence-corrected chi connectivity index (χ1v) is 12.7. The number of carbonyl (C=O) groups is 1. The summed E-state index contributed by atoms with van der Waals surface area (Å²) in [4.78, 5) is 16.2. The summed E-state index contributed by atoms with van der Waals surface area (Å²) in [6.45, 7) is 5.89. The molecule has 1 atom stereocenters. The van der Waals surface area contributed by atoms with E-state index >= 15 is 0 Å². The smallest absolute Gasteiger partial charge is 0.235 e. The van der Waals surface area contributed by atoms with Crippen molar-refractivity contribution in [3.05, 3.63) is 84.2 Å². The monoisotopic (exact) mass is 456 g/mol. The molecule has 5 heteroatoms. The maximum atomic E-state index is 14.1. The Labute approximate surface area is 202 Å². The average molecular weight is 457 g/mol. The van der Waals surface area contributed by atoms with Gasteiger partial charge < -0.3 is 18.7 Å². The molecule has 3 saturated heterocycles. The normalized spacial score (nSPS) is 25.3. The van der Waals surface area contributed by atoms with Gasteiger partial charge in [-0.1, -0.05) is 36.4 Å². The molecule has 0 spiro atoms. The number of likely N-dealkylation sites (N-methyl/N-ethyl adjacent to an activating group) is 1. The van der Waals surface area contributed by atoms with Crippen LogP contribution in [0.4, 0.5) is 0 Å². The lowest BCUT2D eigenvalue weighted by Gasteiger charge is -2.55. The second-order valence-electron chi connectivity index (χ2n) is 10.4. The largest absolute Gasteiger partial charge is 0.457 e. The number of para-hydroxylation sites is 2. The number of quaternary nitrogens is 1. The first kappa shape index (κ1) is 21.5. The topological polar surface area (TPSA) is 34.5 Å². The molecule has 0 aliphatic carbocycles. The van der Waals surface area contributed by atoms with Gasteiger partial charge in [0.1, 0.15) is 11.5 Å². The molecular formula is C29H34N3O2+. The second kappa shape index (κ2) is 8.62. The lowest BCUT2D eigenvalue weighted by Crippen LogP contribution is -2.67. The maximum absolute atomic E-state index is 14.1. The van der Waals surface area contributed by atoms with E-state index < -0.39 is 0 Å². The fourth-order valence-electron chi connectivity index (χ4n) is 6.65. The number of hydrogen-bond donors (Lipinski definition) is 0. The van der Waals surface area contributed by atoms with Crippen molar-refractivity contribution in [2.45, 2.75) is 37.8 Å². The number of fused-ring (bicyclic) bond motifs is 5. The summed E-state index contributed by atoms with van der Waals surface area (Å²) in [7, 11) is 2.05. The van der Waals surface area contributed by atoms with Crippen molar-refractivity contribution in [1.82, 2.24) is 9.47 Å². The zero-order chi connectivity index (χ0) is 23.1. The van der Waals surface area contributed by atoms with Gasteiger partial charge in [0.05, 0.1) is 38.1 Å². The summed E-state index contributed by atoms with van der Waals surface area (Å²) < 4.78 is 9.60. The van der Waals surface area contributed by atoms with Gasteiger partial charge in [-0.25, -0.2) is 0 Å². The molecule has 176 valence electrons. The minimum atomic E-state index is -0.302. The second-order valence-corrected chi connectivity index (χ2v) is 10.4. The third-order valence-electron chi connectivity index (χ3n) is 8.55. The van der Waals surface area contributed by atoms with E-state index in [1.807, 2.05) is 55.6 Å². The highest BCUT2D eigenvalue weighted by atomic mass is 16.5. The van der Waals surface area contributed by atoms with E-state index in [2.05, 4.69) is 34.0 Å². The Morgan fingerprint density at radius 1 is 0.971 bits per heavy atom. The number of carbonyl (C=O) groups excluding carboxylic acids is 1. The van der Waals surface area contributed by atoms with Crippen molar-refractivity contribution in [3.63, 3.8) is 0 Å².